The monoisotopic (exact) mass is 798 g/mol. The van der Waals surface area contributed by atoms with Crippen molar-refractivity contribution in [3.8, 4) is 5.88 Å². The van der Waals surface area contributed by atoms with Gasteiger partial charge in [0.25, 0.3) is 5.88 Å². The first kappa shape index (κ1) is 41.2. The van der Waals surface area contributed by atoms with Crippen LogP contribution in [0.1, 0.15) is 45.3 Å². The third-order valence-corrected chi connectivity index (χ3v) is 12.4. The van der Waals surface area contributed by atoms with Gasteiger partial charge in [-0.05, 0) is 19.3 Å². The number of aliphatic hydroxyl groups excluding tert-OH is 1. The van der Waals surface area contributed by atoms with Crippen LogP contribution in [0.2, 0.25) is 0 Å². The number of anilines is 1. The fourth-order valence-electron chi connectivity index (χ4n) is 4.10. The van der Waals surface area contributed by atoms with E-state index in [2.05, 4.69) is 33.4 Å². The van der Waals surface area contributed by atoms with E-state index >= 15 is 0 Å². The van der Waals surface area contributed by atoms with Gasteiger partial charge in [-0.3, -0.25) is 18.7 Å². The molecule has 0 bridgehead atoms. The Hall–Kier alpha value is -2.21. The molecular formula is C21H33N6O17P3S2. The van der Waals surface area contributed by atoms with E-state index in [1.54, 1.807) is 0 Å². The molecule has 1 aliphatic rings. The Morgan fingerprint density at radius 1 is 1.10 bits per heavy atom. The molecule has 23 nitrogen and oxygen atoms in total. The number of phosphoric ester groups is 1. The second kappa shape index (κ2) is 17.8. The Morgan fingerprint density at radius 3 is 2.41 bits per heavy atom. The quantitative estimate of drug-likeness (QED) is 0.0398. The van der Waals surface area contributed by atoms with Gasteiger partial charge in [-0.1, -0.05) is 21.6 Å². The minimum atomic E-state index is -5.74. The van der Waals surface area contributed by atoms with Crippen molar-refractivity contribution in [2.45, 2.75) is 63.5 Å². The number of imidazole rings is 1. The Morgan fingerprint density at radius 2 is 1.78 bits per heavy atom. The zero-order chi connectivity index (χ0) is 36.6. The summed E-state index contributed by atoms with van der Waals surface area (Å²) in [6.45, 7) is 0.353. The first-order valence-electron chi connectivity index (χ1n) is 13.8. The second-order valence-electron chi connectivity index (χ2n) is 9.99. The highest BCUT2D eigenvalue weighted by Gasteiger charge is 2.43. The Balaban J connectivity index is 1.50. The number of aromatic nitrogens is 4. The number of esters is 1. The van der Waals surface area contributed by atoms with Gasteiger partial charge in [0.15, 0.2) is 11.2 Å². The smallest absolute Gasteiger partial charge is 0.480 e. The molecule has 1 amide bonds. The van der Waals surface area contributed by atoms with Crippen molar-refractivity contribution in [3.05, 3.63) is 6.33 Å². The number of carboxylic acids is 1. The lowest BCUT2D eigenvalue weighted by atomic mass is 10.2. The third-order valence-electron chi connectivity index (χ3n) is 6.04. The highest BCUT2D eigenvalue weighted by atomic mass is 33.1. The van der Waals surface area contributed by atoms with E-state index in [1.165, 1.54) is 39.4 Å². The number of fused-ring (bicyclic) bond motifs is 1. The van der Waals surface area contributed by atoms with Crippen LogP contribution in [-0.2, 0) is 46.0 Å². The maximum Gasteiger partial charge on any atom is 0.490 e. The topological polar surface area (TPSA) is 352 Å². The minimum absolute atomic E-state index is 0.0124. The number of nitrogens with two attached hydrogens (primary N) is 1. The number of hydrogen-bond donors (Lipinski definition) is 8. The van der Waals surface area contributed by atoms with E-state index in [1.807, 2.05) is 0 Å². The SMILES string of the molecule is CC(=O)NC(CCCSSCCCC(=O)Oc1nc(N)nc2c1ncn2C1CC(O)C(COP(=O)(O)OP(=O)(O)OP(=O)(O)O)O1)C(=O)O. The van der Waals surface area contributed by atoms with E-state index in [0.717, 1.165) is 0 Å². The van der Waals surface area contributed by atoms with Crippen LogP contribution < -0.4 is 15.8 Å². The van der Waals surface area contributed by atoms with Crippen LogP contribution in [0, 0.1) is 0 Å². The Labute approximate surface area is 284 Å². The van der Waals surface area contributed by atoms with Crippen LogP contribution in [0.25, 0.3) is 11.2 Å². The molecule has 6 unspecified atom stereocenters. The lowest BCUT2D eigenvalue weighted by molar-refractivity contribution is -0.141. The van der Waals surface area contributed by atoms with Gasteiger partial charge < -0.3 is 50.3 Å². The number of ether oxygens (including phenoxy) is 2. The molecule has 0 spiro atoms. The number of hydrogen-bond acceptors (Lipinski definition) is 18. The molecule has 3 rings (SSSR count). The first-order chi connectivity index (χ1) is 22.7. The predicted molar refractivity (Wildman–Crippen MR) is 168 cm³/mol. The molecule has 276 valence electrons. The summed E-state index contributed by atoms with van der Waals surface area (Å²) in [7, 11) is -13.8. The van der Waals surface area contributed by atoms with Gasteiger partial charge in [0.1, 0.15) is 18.4 Å². The molecule has 1 saturated heterocycles. The number of carbonyl (C=O) groups excluding carboxylic acids is 2. The van der Waals surface area contributed by atoms with Crippen molar-refractivity contribution in [3.63, 3.8) is 0 Å². The zero-order valence-electron chi connectivity index (χ0n) is 25.2. The van der Waals surface area contributed by atoms with Crippen molar-refractivity contribution in [1.82, 2.24) is 24.8 Å². The van der Waals surface area contributed by atoms with Crippen molar-refractivity contribution >= 4 is 80.0 Å². The molecule has 3 heterocycles. The number of carbonyl (C=O) groups is 3. The summed E-state index contributed by atoms with van der Waals surface area (Å²) in [4.78, 5) is 83.1. The van der Waals surface area contributed by atoms with Crippen LogP contribution in [0.15, 0.2) is 6.33 Å². The molecule has 0 aliphatic carbocycles. The number of nitrogens with zero attached hydrogens (tertiary/aromatic N) is 4. The van der Waals surface area contributed by atoms with Crippen molar-refractivity contribution in [2.24, 2.45) is 0 Å². The normalized spacial score (nSPS) is 21.1. The summed E-state index contributed by atoms with van der Waals surface area (Å²) >= 11 is 0. The fraction of sp³-hybridized carbons (Fsp3) is 0.619. The summed E-state index contributed by atoms with van der Waals surface area (Å²) in [6.07, 6.45) is -1.33. The zero-order valence-corrected chi connectivity index (χ0v) is 29.6. The molecule has 0 aromatic carbocycles. The maximum absolute atomic E-state index is 12.5. The molecule has 0 saturated carbocycles. The summed E-state index contributed by atoms with van der Waals surface area (Å²) in [5.74, 6) is -1.50. The van der Waals surface area contributed by atoms with Crippen LogP contribution in [-0.4, -0.2) is 104 Å². The Bertz CT molecular complexity index is 1650. The molecule has 49 heavy (non-hydrogen) atoms. The summed E-state index contributed by atoms with van der Waals surface area (Å²) < 4.78 is 58.4. The van der Waals surface area contributed by atoms with E-state index in [4.69, 9.17) is 30.1 Å². The highest BCUT2D eigenvalue weighted by molar-refractivity contribution is 8.76. The van der Waals surface area contributed by atoms with Gasteiger partial charge in [0.2, 0.25) is 11.9 Å². The number of aliphatic hydroxyl groups is 1. The maximum atomic E-state index is 12.5. The van der Waals surface area contributed by atoms with Crippen LogP contribution >= 0.6 is 45.1 Å². The van der Waals surface area contributed by atoms with E-state index in [0.29, 0.717) is 24.3 Å². The lowest BCUT2D eigenvalue weighted by Gasteiger charge is -2.19. The number of carboxylic acid groups (broad SMARTS) is 1. The van der Waals surface area contributed by atoms with Crippen molar-refractivity contribution < 1.29 is 80.5 Å². The van der Waals surface area contributed by atoms with Crippen molar-refractivity contribution in [2.75, 3.05) is 23.8 Å². The second-order valence-corrected chi connectivity index (χ2v) is 17.1. The number of nitrogen functional groups attached to an aromatic ring is 1. The average molecular weight is 799 g/mol. The fourth-order valence-corrected chi connectivity index (χ4v) is 9.32. The summed E-state index contributed by atoms with van der Waals surface area (Å²) in [6, 6.07) is -0.948. The Kier molecular flexibility index (Phi) is 15.0. The van der Waals surface area contributed by atoms with Gasteiger partial charge in [0.05, 0.1) is 19.0 Å². The van der Waals surface area contributed by atoms with Crippen LogP contribution in [0.3, 0.4) is 0 Å². The lowest BCUT2D eigenvalue weighted by Crippen LogP contribution is -2.39. The van der Waals surface area contributed by atoms with Gasteiger partial charge in [0, 0.05) is 31.3 Å². The van der Waals surface area contributed by atoms with Gasteiger partial charge in [-0.15, -0.1) is 0 Å². The molecule has 1 fully saturated rings. The van der Waals surface area contributed by atoms with Crippen LogP contribution in [0.4, 0.5) is 5.95 Å². The molecule has 1 aliphatic heterocycles. The predicted octanol–water partition coefficient (Wildman–Crippen LogP) is 0.837. The molecular weight excluding hydrogens is 765 g/mol. The summed E-state index contributed by atoms with van der Waals surface area (Å²) in [5, 5.41) is 21.9. The van der Waals surface area contributed by atoms with Crippen molar-refractivity contribution in [1.29, 1.82) is 0 Å². The standard InChI is InChI=1S/C21H33N6O17P3S2/c1-11(28)24-12(20(31)32)4-2-6-48-49-7-3-5-16(30)42-19-17-18(25-21(22)26-19)27(10-23-17)15-8-13(29)14(41-15)9-40-46(36,37)44-47(38,39)43-45(33,34)35/h10,12-15,29H,2-9H2,1H3,(H,24,28)(H,31,32)(H,36,37)(H,38,39)(H2,22,25,26)(H2,33,34,35). The van der Waals surface area contributed by atoms with E-state index < -0.39 is 72.4 Å². The molecule has 2 aromatic rings. The van der Waals surface area contributed by atoms with Crippen LogP contribution in [0.5, 0.6) is 5.88 Å². The number of phosphoric acid groups is 3. The third kappa shape index (κ3) is 13.8. The molecule has 0 radical (unpaired) electrons. The van der Waals surface area contributed by atoms with E-state index in [-0.39, 0.29) is 42.3 Å². The number of amides is 1. The average Bonchev–Trinajstić information content (AvgIpc) is 3.53. The van der Waals surface area contributed by atoms with Gasteiger partial charge in [-0.2, -0.15) is 18.6 Å². The number of rotatable bonds is 20. The highest BCUT2D eigenvalue weighted by Crippen LogP contribution is 2.66. The molecule has 6 atom stereocenters. The molecule has 28 heteroatoms. The van der Waals surface area contributed by atoms with E-state index in [9.17, 15) is 43.0 Å². The molecule has 9 N–H and O–H groups in total. The van der Waals surface area contributed by atoms with Gasteiger partial charge in [-0.25, -0.2) is 23.5 Å². The largest absolute Gasteiger partial charge is 0.490 e. The first-order valence-corrected chi connectivity index (χ1v) is 20.8. The molecule has 2 aromatic heterocycles. The van der Waals surface area contributed by atoms with Gasteiger partial charge >= 0.3 is 35.4 Å². The number of aliphatic carboxylic acids is 1. The summed E-state index contributed by atoms with van der Waals surface area (Å²) in [5.41, 5.74) is 5.86. The number of nitrogens with one attached hydrogen (secondary N) is 1. The minimum Gasteiger partial charge on any atom is -0.480 e.